The van der Waals surface area contributed by atoms with Crippen LogP contribution in [0.5, 0.6) is 5.75 Å². The van der Waals surface area contributed by atoms with Crippen LogP contribution in [0.1, 0.15) is 5.56 Å². The van der Waals surface area contributed by atoms with Gasteiger partial charge in [0.25, 0.3) is 5.89 Å². The molecular formula is C23H19FN4O2. The van der Waals surface area contributed by atoms with E-state index in [4.69, 9.17) is 9.26 Å². The van der Waals surface area contributed by atoms with Gasteiger partial charge in [-0.05, 0) is 54.1 Å². The van der Waals surface area contributed by atoms with Gasteiger partial charge in [-0.2, -0.15) is 4.98 Å². The molecule has 0 bridgehead atoms. The van der Waals surface area contributed by atoms with Crippen LogP contribution in [0.2, 0.25) is 0 Å². The predicted molar refractivity (Wildman–Crippen MR) is 109 cm³/mol. The van der Waals surface area contributed by atoms with E-state index in [-0.39, 0.29) is 11.9 Å². The Morgan fingerprint density at radius 2 is 1.90 bits per heavy atom. The molecule has 1 aliphatic rings. The third-order valence-corrected chi connectivity index (χ3v) is 4.97. The van der Waals surface area contributed by atoms with Crippen LogP contribution in [0.4, 0.5) is 4.39 Å². The number of rotatable bonds is 6. The molecule has 2 aromatic heterocycles. The lowest BCUT2D eigenvalue weighted by atomic mass is 10.1. The summed E-state index contributed by atoms with van der Waals surface area (Å²) in [6.45, 7) is 2.36. The van der Waals surface area contributed by atoms with Crippen molar-refractivity contribution in [2.75, 3.05) is 13.1 Å². The number of aromatic nitrogens is 3. The summed E-state index contributed by atoms with van der Waals surface area (Å²) in [6.07, 6.45) is 3.51. The maximum Gasteiger partial charge on any atom is 0.259 e. The van der Waals surface area contributed by atoms with E-state index in [1.165, 1.54) is 6.07 Å². The quantitative estimate of drug-likeness (QED) is 0.482. The Labute approximate surface area is 173 Å². The van der Waals surface area contributed by atoms with Crippen LogP contribution >= 0.6 is 0 Å². The van der Waals surface area contributed by atoms with Crippen molar-refractivity contribution < 1.29 is 13.7 Å². The summed E-state index contributed by atoms with van der Waals surface area (Å²) in [4.78, 5) is 10.7. The van der Waals surface area contributed by atoms with Crippen molar-refractivity contribution in [3.63, 3.8) is 0 Å². The van der Waals surface area contributed by atoms with Gasteiger partial charge in [0.15, 0.2) is 0 Å². The van der Waals surface area contributed by atoms with E-state index in [0.717, 1.165) is 42.1 Å². The van der Waals surface area contributed by atoms with Crippen molar-refractivity contribution in [1.82, 2.24) is 20.0 Å². The van der Waals surface area contributed by atoms with Crippen molar-refractivity contribution in [3.8, 4) is 28.6 Å². The van der Waals surface area contributed by atoms with Crippen molar-refractivity contribution in [3.05, 3.63) is 84.4 Å². The number of pyridine rings is 1. The second-order valence-electron chi connectivity index (χ2n) is 7.25. The fourth-order valence-corrected chi connectivity index (χ4v) is 3.44. The molecule has 2 aromatic carbocycles. The SMILES string of the molecule is Fc1cccc(CN2CC(Oc3ccc(-c4noc(-c5cccnc5)n4)cc3)C2)c1. The maximum absolute atomic E-state index is 13.3. The summed E-state index contributed by atoms with van der Waals surface area (Å²) in [5.74, 6) is 1.55. The molecule has 1 saturated heterocycles. The van der Waals surface area contributed by atoms with Crippen molar-refractivity contribution in [2.45, 2.75) is 12.6 Å². The Kier molecular flexibility index (Phi) is 4.94. The van der Waals surface area contributed by atoms with Gasteiger partial charge in [-0.25, -0.2) is 4.39 Å². The fourth-order valence-electron chi connectivity index (χ4n) is 3.44. The maximum atomic E-state index is 13.3. The number of likely N-dealkylation sites (tertiary alicyclic amines) is 1. The van der Waals surface area contributed by atoms with Crippen LogP contribution in [-0.2, 0) is 6.54 Å². The molecule has 150 valence electrons. The van der Waals surface area contributed by atoms with Crippen LogP contribution in [-0.4, -0.2) is 39.2 Å². The van der Waals surface area contributed by atoms with E-state index < -0.39 is 0 Å². The first kappa shape index (κ1) is 18.4. The molecule has 0 atom stereocenters. The van der Waals surface area contributed by atoms with E-state index in [1.54, 1.807) is 24.5 Å². The first-order chi connectivity index (χ1) is 14.7. The first-order valence-electron chi connectivity index (χ1n) is 9.71. The Bertz CT molecular complexity index is 1130. The van der Waals surface area contributed by atoms with Crippen LogP contribution in [0.3, 0.4) is 0 Å². The monoisotopic (exact) mass is 402 g/mol. The Hall–Kier alpha value is -3.58. The standard InChI is InChI=1S/C23H19FN4O2/c24-19-5-1-3-16(11-19)13-28-14-21(15-28)29-20-8-6-17(7-9-20)22-26-23(30-27-22)18-4-2-10-25-12-18/h1-12,21H,13-15H2. The lowest BCUT2D eigenvalue weighted by molar-refractivity contribution is 0.0145. The third-order valence-electron chi connectivity index (χ3n) is 4.97. The highest BCUT2D eigenvalue weighted by atomic mass is 19.1. The van der Waals surface area contributed by atoms with Crippen LogP contribution in [0.25, 0.3) is 22.8 Å². The number of nitrogens with zero attached hydrogens (tertiary/aromatic N) is 4. The smallest absolute Gasteiger partial charge is 0.259 e. The van der Waals surface area contributed by atoms with Gasteiger partial charge in [-0.15, -0.1) is 0 Å². The fraction of sp³-hybridized carbons (Fsp3) is 0.174. The molecule has 1 aliphatic heterocycles. The van der Waals surface area contributed by atoms with Crippen LogP contribution < -0.4 is 4.74 Å². The summed E-state index contributed by atoms with van der Waals surface area (Å²) in [5, 5.41) is 4.05. The molecule has 0 unspecified atom stereocenters. The van der Waals surface area contributed by atoms with Gasteiger partial charge in [0.05, 0.1) is 5.56 Å². The zero-order valence-corrected chi connectivity index (χ0v) is 16.1. The van der Waals surface area contributed by atoms with Gasteiger partial charge >= 0.3 is 0 Å². The summed E-state index contributed by atoms with van der Waals surface area (Å²) in [7, 11) is 0. The Morgan fingerprint density at radius 1 is 1.03 bits per heavy atom. The molecule has 0 saturated carbocycles. The highest BCUT2D eigenvalue weighted by Gasteiger charge is 2.28. The molecular weight excluding hydrogens is 383 g/mol. The van der Waals surface area contributed by atoms with E-state index >= 15 is 0 Å². The van der Waals surface area contributed by atoms with Gasteiger partial charge in [-0.1, -0.05) is 17.3 Å². The lowest BCUT2D eigenvalue weighted by Crippen LogP contribution is -2.53. The minimum absolute atomic E-state index is 0.131. The summed E-state index contributed by atoms with van der Waals surface area (Å²) in [5.41, 5.74) is 2.61. The summed E-state index contributed by atoms with van der Waals surface area (Å²) < 4.78 is 24.6. The largest absolute Gasteiger partial charge is 0.488 e. The zero-order valence-electron chi connectivity index (χ0n) is 16.1. The average Bonchev–Trinajstić information content (AvgIpc) is 3.24. The van der Waals surface area contributed by atoms with Gasteiger partial charge in [-0.3, -0.25) is 9.88 Å². The van der Waals surface area contributed by atoms with E-state index in [9.17, 15) is 4.39 Å². The van der Waals surface area contributed by atoms with Crippen molar-refractivity contribution >= 4 is 0 Å². The van der Waals surface area contributed by atoms with E-state index in [2.05, 4.69) is 20.0 Å². The van der Waals surface area contributed by atoms with Crippen LogP contribution in [0.15, 0.2) is 77.6 Å². The number of hydrogen-bond acceptors (Lipinski definition) is 6. The second-order valence-corrected chi connectivity index (χ2v) is 7.25. The molecule has 30 heavy (non-hydrogen) atoms. The molecule has 0 N–H and O–H groups in total. The summed E-state index contributed by atoms with van der Waals surface area (Å²) >= 11 is 0. The molecule has 7 heteroatoms. The van der Waals surface area contributed by atoms with Crippen LogP contribution in [0, 0.1) is 5.82 Å². The highest BCUT2D eigenvalue weighted by molar-refractivity contribution is 5.59. The average molecular weight is 402 g/mol. The molecule has 6 nitrogen and oxygen atoms in total. The molecule has 0 radical (unpaired) electrons. The molecule has 5 rings (SSSR count). The summed E-state index contributed by atoms with van der Waals surface area (Å²) in [6, 6.07) is 18.1. The minimum Gasteiger partial charge on any atom is -0.488 e. The number of benzene rings is 2. The van der Waals surface area contributed by atoms with Gasteiger partial charge < -0.3 is 9.26 Å². The number of halogens is 1. The highest BCUT2D eigenvalue weighted by Crippen LogP contribution is 2.25. The van der Waals surface area contributed by atoms with Gasteiger partial charge in [0.1, 0.15) is 17.7 Å². The molecule has 1 fully saturated rings. The molecule has 0 spiro atoms. The van der Waals surface area contributed by atoms with Crippen molar-refractivity contribution in [2.24, 2.45) is 0 Å². The van der Waals surface area contributed by atoms with Crippen molar-refractivity contribution in [1.29, 1.82) is 0 Å². The molecule has 3 heterocycles. The zero-order chi connectivity index (χ0) is 20.3. The second kappa shape index (κ2) is 8.04. The lowest BCUT2D eigenvalue weighted by Gasteiger charge is -2.39. The molecule has 0 aliphatic carbocycles. The third kappa shape index (κ3) is 4.06. The van der Waals surface area contributed by atoms with E-state index in [1.807, 2.05) is 42.5 Å². The first-order valence-corrected chi connectivity index (χ1v) is 9.71. The normalized spacial score (nSPS) is 14.4. The Morgan fingerprint density at radius 3 is 2.67 bits per heavy atom. The Balaban J connectivity index is 1.16. The molecule has 4 aromatic rings. The topological polar surface area (TPSA) is 64.3 Å². The molecule has 0 amide bonds. The number of ether oxygens (including phenoxy) is 1. The number of hydrogen-bond donors (Lipinski definition) is 0. The van der Waals surface area contributed by atoms with Gasteiger partial charge in [0.2, 0.25) is 5.82 Å². The minimum atomic E-state index is -0.199. The van der Waals surface area contributed by atoms with Gasteiger partial charge in [0, 0.05) is 37.6 Å². The predicted octanol–water partition coefficient (Wildman–Crippen LogP) is 4.20. The van der Waals surface area contributed by atoms with E-state index in [0.29, 0.717) is 11.7 Å².